The average Bonchev–Trinajstić information content (AvgIpc) is 3.18. The molecule has 8 amide bonds. The summed E-state index contributed by atoms with van der Waals surface area (Å²) in [6.07, 6.45) is 4.26. The predicted molar refractivity (Wildman–Crippen MR) is 222 cm³/mol. The summed E-state index contributed by atoms with van der Waals surface area (Å²) in [5.74, 6) is -4.66. The lowest BCUT2D eigenvalue weighted by Gasteiger charge is -2.26. The van der Waals surface area contributed by atoms with E-state index in [0.29, 0.717) is 45.1 Å². The van der Waals surface area contributed by atoms with Gasteiger partial charge in [-0.3, -0.25) is 38.4 Å². The number of hydrogen-bond acceptors (Lipinski definition) is 10. The van der Waals surface area contributed by atoms with Gasteiger partial charge < -0.3 is 42.5 Å². The lowest BCUT2D eigenvalue weighted by atomic mass is 9.99. The summed E-state index contributed by atoms with van der Waals surface area (Å²) in [6.45, 7) is 4.97. The number of unbranched alkanes of at least 4 members (excludes halogenated alkanes) is 3. The van der Waals surface area contributed by atoms with Crippen LogP contribution in [0, 0.1) is 0 Å². The van der Waals surface area contributed by atoms with Gasteiger partial charge in [0.2, 0.25) is 47.8 Å². The minimum absolute atomic E-state index is 0.202. The Labute approximate surface area is 345 Å². The van der Waals surface area contributed by atoms with Crippen LogP contribution in [0.25, 0.3) is 10.8 Å². The SMILES string of the molecule is CCCC[C@@H](NC(C)=O)C(=O)N[C@@H](CC(=O)NCCCCCNC(=O)CNC(=O)CNC=O)C(=O)N[C@@H](CCS(C)(=O)=O)C(=O)N[C@@H](C)Cc1cccc2ccccc12. The number of nitrogens with one attached hydrogen (secondary N) is 8. The van der Waals surface area contributed by atoms with Crippen molar-refractivity contribution < 1.29 is 46.8 Å². The number of carbonyl (C=O) groups is 8. The summed E-state index contributed by atoms with van der Waals surface area (Å²) in [5.41, 5.74) is 0.981. The molecule has 0 unspecified atom stereocenters. The summed E-state index contributed by atoms with van der Waals surface area (Å²) in [7, 11) is -3.56. The summed E-state index contributed by atoms with van der Waals surface area (Å²) >= 11 is 0. The fourth-order valence-corrected chi connectivity index (χ4v) is 6.71. The van der Waals surface area contributed by atoms with Crippen molar-refractivity contribution in [2.24, 2.45) is 0 Å². The largest absolute Gasteiger partial charge is 0.356 e. The molecule has 0 aliphatic carbocycles. The van der Waals surface area contributed by atoms with Crippen LogP contribution in [-0.2, 0) is 54.6 Å². The summed E-state index contributed by atoms with van der Waals surface area (Å²) in [5, 5.41) is 22.5. The number of amides is 8. The van der Waals surface area contributed by atoms with Crippen LogP contribution in [0.15, 0.2) is 42.5 Å². The number of fused-ring (bicyclic) bond motifs is 1. The molecule has 326 valence electrons. The van der Waals surface area contributed by atoms with Crippen LogP contribution in [0.1, 0.15) is 77.7 Å². The average molecular weight is 845 g/mol. The molecule has 2 aromatic carbocycles. The Morgan fingerprint density at radius 1 is 0.678 bits per heavy atom. The van der Waals surface area contributed by atoms with E-state index in [0.717, 1.165) is 29.0 Å². The van der Waals surface area contributed by atoms with E-state index >= 15 is 0 Å². The molecule has 0 saturated heterocycles. The molecule has 0 heterocycles. The van der Waals surface area contributed by atoms with Crippen LogP contribution < -0.4 is 42.5 Å². The molecule has 4 atom stereocenters. The number of rotatable bonds is 28. The van der Waals surface area contributed by atoms with Crippen molar-refractivity contribution in [1.82, 2.24) is 42.5 Å². The third-order valence-electron chi connectivity index (χ3n) is 9.06. The van der Waals surface area contributed by atoms with Gasteiger partial charge in [0.25, 0.3) is 0 Å². The van der Waals surface area contributed by atoms with Gasteiger partial charge in [-0.2, -0.15) is 0 Å². The topological polar surface area (TPSA) is 267 Å². The Morgan fingerprint density at radius 3 is 1.93 bits per heavy atom. The van der Waals surface area contributed by atoms with Crippen LogP contribution in [0.3, 0.4) is 0 Å². The molecule has 2 rings (SSSR count). The van der Waals surface area contributed by atoms with E-state index in [9.17, 15) is 46.8 Å². The highest BCUT2D eigenvalue weighted by atomic mass is 32.2. The van der Waals surface area contributed by atoms with E-state index in [4.69, 9.17) is 0 Å². The lowest BCUT2D eigenvalue weighted by molar-refractivity contribution is -0.135. The van der Waals surface area contributed by atoms with Gasteiger partial charge in [0.15, 0.2) is 0 Å². The highest BCUT2D eigenvalue weighted by molar-refractivity contribution is 7.90. The van der Waals surface area contributed by atoms with Crippen molar-refractivity contribution in [2.45, 2.75) is 103 Å². The summed E-state index contributed by atoms with van der Waals surface area (Å²) in [6, 6.07) is 9.40. The van der Waals surface area contributed by atoms with Crippen molar-refractivity contribution in [1.29, 1.82) is 0 Å². The molecular formula is C40H60N8O10S. The third-order valence-corrected chi connectivity index (χ3v) is 10.0. The highest BCUT2D eigenvalue weighted by Crippen LogP contribution is 2.20. The molecular weight excluding hydrogens is 785 g/mol. The van der Waals surface area contributed by atoms with Gasteiger partial charge in [0.05, 0.1) is 25.3 Å². The first kappa shape index (κ1) is 49.6. The first-order valence-electron chi connectivity index (χ1n) is 19.8. The molecule has 59 heavy (non-hydrogen) atoms. The van der Waals surface area contributed by atoms with E-state index in [-0.39, 0.29) is 32.5 Å². The molecule has 0 aliphatic heterocycles. The monoisotopic (exact) mass is 844 g/mol. The molecule has 0 aromatic heterocycles. The Balaban J connectivity index is 2.11. The van der Waals surface area contributed by atoms with Crippen molar-refractivity contribution in [3.63, 3.8) is 0 Å². The van der Waals surface area contributed by atoms with E-state index < -0.39 is 87.5 Å². The van der Waals surface area contributed by atoms with Gasteiger partial charge in [-0.25, -0.2) is 8.42 Å². The Morgan fingerprint density at radius 2 is 1.27 bits per heavy atom. The molecule has 0 aliphatic rings. The summed E-state index contributed by atoms with van der Waals surface area (Å²) in [4.78, 5) is 99.7. The van der Waals surface area contributed by atoms with Crippen LogP contribution in [0.4, 0.5) is 0 Å². The summed E-state index contributed by atoms with van der Waals surface area (Å²) < 4.78 is 24.3. The van der Waals surface area contributed by atoms with E-state index in [1.807, 2.05) is 49.4 Å². The Bertz CT molecular complexity index is 1850. The molecule has 0 saturated carbocycles. The molecule has 18 nitrogen and oxygen atoms in total. The molecule has 0 spiro atoms. The number of carbonyl (C=O) groups excluding carboxylic acids is 8. The van der Waals surface area contributed by atoms with Gasteiger partial charge in [-0.1, -0.05) is 62.2 Å². The van der Waals surface area contributed by atoms with Crippen LogP contribution in [0.2, 0.25) is 0 Å². The zero-order chi connectivity index (χ0) is 43.8. The van der Waals surface area contributed by atoms with Gasteiger partial charge >= 0.3 is 0 Å². The third kappa shape index (κ3) is 20.6. The zero-order valence-electron chi connectivity index (χ0n) is 34.3. The first-order valence-corrected chi connectivity index (χ1v) is 21.9. The fraction of sp³-hybridized carbons (Fsp3) is 0.550. The van der Waals surface area contributed by atoms with Crippen molar-refractivity contribution >= 4 is 68.4 Å². The molecule has 0 radical (unpaired) electrons. The molecule has 19 heteroatoms. The second-order valence-electron chi connectivity index (χ2n) is 14.4. The second kappa shape index (κ2) is 26.4. The van der Waals surface area contributed by atoms with Gasteiger partial charge in [-0.05, 0) is 61.8 Å². The van der Waals surface area contributed by atoms with Gasteiger partial charge in [0, 0.05) is 32.3 Å². The van der Waals surface area contributed by atoms with Crippen molar-refractivity contribution in [3.05, 3.63) is 48.0 Å². The van der Waals surface area contributed by atoms with Gasteiger partial charge in [0.1, 0.15) is 28.0 Å². The number of sulfone groups is 1. The second-order valence-corrected chi connectivity index (χ2v) is 16.7. The highest BCUT2D eigenvalue weighted by Gasteiger charge is 2.31. The minimum atomic E-state index is -3.56. The normalized spacial score (nSPS) is 13.1. The van der Waals surface area contributed by atoms with Crippen LogP contribution >= 0.6 is 0 Å². The predicted octanol–water partition coefficient (Wildman–Crippen LogP) is -0.359. The zero-order valence-corrected chi connectivity index (χ0v) is 35.1. The maximum Gasteiger partial charge on any atom is 0.243 e. The van der Waals surface area contributed by atoms with E-state index in [1.165, 1.54) is 6.92 Å². The lowest BCUT2D eigenvalue weighted by Crippen LogP contribution is -2.58. The Kier molecular flexibility index (Phi) is 22.2. The molecule has 0 fully saturated rings. The smallest absolute Gasteiger partial charge is 0.243 e. The first-order chi connectivity index (χ1) is 28.0. The van der Waals surface area contributed by atoms with Crippen molar-refractivity contribution in [3.8, 4) is 0 Å². The van der Waals surface area contributed by atoms with Crippen LogP contribution in [0.5, 0.6) is 0 Å². The maximum absolute atomic E-state index is 13.9. The Hall–Kier alpha value is -5.59. The quantitative estimate of drug-likeness (QED) is 0.0407. The van der Waals surface area contributed by atoms with Crippen molar-refractivity contribution in [2.75, 3.05) is 38.2 Å². The van der Waals surface area contributed by atoms with Gasteiger partial charge in [-0.15, -0.1) is 0 Å². The number of benzene rings is 2. The van der Waals surface area contributed by atoms with E-state index in [1.54, 1.807) is 6.92 Å². The standard InChI is InChI=1S/C40H60N8O10S/c1-5-6-17-32(46-28(3)50)39(55)48-34(23-35(51)42-19-10-7-11-20-43-37(53)25-44-36(52)24-41-26-49)40(56)47-33(18-21-59(4,57)58)38(54)45-27(2)22-30-15-12-14-29-13-8-9-16-31(29)30/h8-9,12-16,26-27,32-34H,5-7,10-11,17-25H2,1-4H3,(H,41,49)(H,42,51)(H,43,53)(H,44,52)(H,45,54)(H,46,50)(H,47,56)(H,48,55)/t27-,32+,33-,34-/m0/s1. The van der Waals surface area contributed by atoms with Crippen LogP contribution in [-0.4, -0.2) is 119 Å². The van der Waals surface area contributed by atoms with E-state index in [2.05, 4.69) is 42.5 Å². The fourth-order valence-electron chi connectivity index (χ4n) is 6.05. The number of hydrogen-bond donors (Lipinski definition) is 8. The molecule has 0 bridgehead atoms. The maximum atomic E-state index is 13.9. The molecule has 8 N–H and O–H groups in total. The molecule has 2 aromatic rings. The minimum Gasteiger partial charge on any atom is -0.356 e.